The molecule has 3 aromatic rings. The lowest BCUT2D eigenvalue weighted by molar-refractivity contribution is 0.267. The second-order valence-corrected chi connectivity index (χ2v) is 6.90. The minimum Gasteiger partial charge on any atom is -0.488 e. The SMILES string of the molecule is CN(C)C1CCc2[nH]c3cccc(OCc4ccccc4)c3c2C1. The van der Waals surface area contributed by atoms with E-state index >= 15 is 0 Å². The number of nitrogens with one attached hydrogen (secondary N) is 1. The molecule has 0 radical (unpaired) electrons. The zero-order valence-corrected chi connectivity index (χ0v) is 14.4. The predicted molar refractivity (Wildman–Crippen MR) is 98.6 cm³/mol. The number of fused-ring (bicyclic) bond motifs is 3. The summed E-state index contributed by atoms with van der Waals surface area (Å²) in [5, 5.41) is 1.27. The zero-order chi connectivity index (χ0) is 16.5. The molecule has 3 heteroatoms. The van der Waals surface area contributed by atoms with Gasteiger partial charge in [-0.2, -0.15) is 0 Å². The Hall–Kier alpha value is -2.26. The van der Waals surface area contributed by atoms with Gasteiger partial charge < -0.3 is 14.6 Å². The maximum absolute atomic E-state index is 6.19. The van der Waals surface area contributed by atoms with Crippen LogP contribution in [0.5, 0.6) is 5.75 Å². The van der Waals surface area contributed by atoms with Gasteiger partial charge in [-0.1, -0.05) is 36.4 Å². The molecule has 3 nitrogen and oxygen atoms in total. The third-order valence-electron chi connectivity index (χ3n) is 5.11. The number of benzene rings is 2. The molecule has 1 aliphatic rings. The summed E-state index contributed by atoms with van der Waals surface area (Å²) in [5.41, 5.74) is 5.23. The highest BCUT2D eigenvalue weighted by molar-refractivity contribution is 5.90. The first kappa shape index (κ1) is 15.3. The summed E-state index contributed by atoms with van der Waals surface area (Å²) in [7, 11) is 4.36. The number of ether oxygens (including phenoxy) is 1. The number of aromatic nitrogens is 1. The van der Waals surface area contributed by atoms with Gasteiger partial charge in [-0.25, -0.2) is 0 Å². The van der Waals surface area contributed by atoms with Crippen LogP contribution in [-0.4, -0.2) is 30.0 Å². The van der Waals surface area contributed by atoms with E-state index in [0.717, 1.165) is 18.6 Å². The van der Waals surface area contributed by atoms with Gasteiger partial charge in [0.2, 0.25) is 0 Å². The molecule has 124 valence electrons. The summed E-state index contributed by atoms with van der Waals surface area (Å²) >= 11 is 0. The van der Waals surface area contributed by atoms with E-state index in [2.05, 4.69) is 66.4 Å². The van der Waals surface area contributed by atoms with Crippen molar-refractivity contribution in [2.75, 3.05) is 14.1 Å². The summed E-state index contributed by atoms with van der Waals surface area (Å²) in [6.07, 6.45) is 3.42. The van der Waals surface area contributed by atoms with E-state index in [9.17, 15) is 0 Å². The standard InChI is InChI=1S/C21H24N2O/c1-23(2)16-11-12-18-17(13-16)21-19(22-18)9-6-10-20(21)24-14-15-7-4-3-5-8-15/h3-10,16,22H,11-14H2,1-2H3. The number of likely N-dealkylation sites (N-methyl/N-ethyl adjacent to an activating group) is 1. The van der Waals surface area contributed by atoms with Crippen LogP contribution in [0.2, 0.25) is 0 Å². The van der Waals surface area contributed by atoms with Gasteiger partial charge in [0, 0.05) is 22.6 Å². The van der Waals surface area contributed by atoms with Crippen LogP contribution >= 0.6 is 0 Å². The molecule has 2 aromatic carbocycles. The quantitative estimate of drug-likeness (QED) is 0.781. The van der Waals surface area contributed by atoms with E-state index < -0.39 is 0 Å². The van der Waals surface area contributed by atoms with Crippen LogP contribution in [-0.2, 0) is 19.4 Å². The molecular formula is C21H24N2O. The molecule has 0 fully saturated rings. The summed E-state index contributed by atoms with van der Waals surface area (Å²) < 4.78 is 6.19. The molecular weight excluding hydrogens is 296 g/mol. The smallest absolute Gasteiger partial charge is 0.129 e. The van der Waals surface area contributed by atoms with Gasteiger partial charge >= 0.3 is 0 Å². The molecule has 1 N–H and O–H groups in total. The van der Waals surface area contributed by atoms with Gasteiger partial charge in [0.25, 0.3) is 0 Å². The van der Waals surface area contributed by atoms with Crippen LogP contribution in [0.15, 0.2) is 48.5 Å². The van der Waals surface area contributed by atoms with Gasteiger partial charge in [0.05, 0.1) is 0 Å². The minimum atomic E-state index is 0.608. The first-order valence-electron chi connectivity index (χ1n) is 8.68. The number of rotatable bonds is 4. The zero-order valence-electron chi connectivity index (χ0n) is 14.4. The fourth-order valence-corrected chi connectivity index (χ4v) is 3.72. The Balaban J connectivity index is 1.68. The largest absolute Gasteiger partial charge is 0.488 e. The van der Waals surface area contributed by atoms with Gasteiger partial charge in [-0.3, -0.25) is 0 Å². The Bertz CT molecular complexity index is 836. The van der Waals surface area contributed by atoms with Gasteiger partial charge in [-0.05, 0) is 56.6 Å². The van der Waals surface area contributed by atoms with E-state index in [1.165, 1.54) is 34.1 Å². The molecule has 0 bridgehead atoms. The minimum absolute atomic E-state index is 0.608. The molecule has 1 heterocycles. The van der Waals surface area contributed by atoms with Crippen LogP contribution in [0.3, 0.4) is 0 Å². The van der Waals surface area contributed by atoms with Crippen LogP contribution < -0.4 is 4.74 Å². The highest BCUT2D eigenvalue weighted by Gasteiger charge is 2.25. The van der Waals surface area contributed by atoms with Gasteiger partial charge in [0.1, 0.15) is 12.4 Å². The maximum Gasteiger partial charge on any atom is 0.129 e. The van der Waals surface area contributed by atoms with Crippen LogP contribution in [0, 0.1) is 0 Å². The highest BCUT2D eigenvalue weighted by Crippen LogP contribution is 2.36. The monoisotopic (exact) mass is 320 g/mol. The molecule has 0 aliphatic heterocycles. The summed E-state index contributed by atoms with van der Waals surface area (Å²) in [4.78, 5) is 5.96. The Morgan fingerprint density at radius 3 is 2.71 bits per heavy atom. The molecule has 1 atom stereocenters. The van der Waals surface area contributed by atoms with Crippen molar-refractivity contribution in [3.05, 3.63) is 65.4 Å². The lowest BCUT2D eigenvalue weighted by Crippen LogP contribution is -2.33. The van der Waals surface area contributed by atoms with Crippen molar-refractivity contribution in [2.24, 2.45) is 0 Å². The molecule has 0 spiro atoms. The van der Waals surface area contributed by atoms with Crippen molar-refractivity contribution in [1.82, 2.24) is 9.88 Å². The molecule has 24 heavy (non-hydrogen) atoms. The van der Waals surface area contributed by atoms with Crippen LogP contribution in [0.25, 0.3) is 10.9 Å². The fraction of sp³-hybridized carbons (Fsp3) is 0.333. The third-order valence-corrected chi connectivity index (χ3v) is 5.11. The summed E-state index contributed by atoms with van der Waals surface area (Å²) in [5.74, 6) is 0.994. The topological polar surface area (TPSA) is 28.3 Å². The second kappa shape index (κ2) is 6.33. The van der Waals surface area contributed by atoms with E-state index in [1.54, 1.807) is 0 Å². The summed E-state index contributed by atoms with van der Waals surface area (Å²) in [6, 6.07) is 17.3. The van der Waals surface area contributed by atoms with E-state index in [0.29, 0.717) is 12.6 Å². The molecule has 1 unspecified atom stereocenters. The molecule has 1 aromatic heterocycles. The van der Waals surface area contributed by atoms with Crippen molar-refractivity contribution in [3.63, 3.8) is 0 Å². The second-order valence-electron chi connectivity index (χ2n) is 6.90. The van der Waals surface area contributed by atoms with Crippen molar-refractivity contribution in [1.29, 1.82) is 0 Å². The third kappa shape index (κ3) is 2.80. The molecule has 4 rings (SSSR count). The lowest BCUT2D eigenvalue weighted by Gasteiger charge is -2.28. The van der Waals surface area contributed by atoms with Crippen molar-refractivity contribution >= 4 is 10.9 Å². The molecule has 0 saturated heterocycles. The van der Waals surface area contributed by atoms with E-state index in [1.807, 2.05) is 6.07 Å². The highest BCUT2D eigenvalue weighted by atomic mass is 16.5. The number of nitrogens with zero attached hydrogens (tertiary/aromatic N) is 1. The van der Waals surface area contributed by atoms with Crippen molar-refractivity contribution in [2.45, 2.75) is 31.9 Å². The Morgan fingerprint density at radius 2 is 1.92 bits per heavy atom. The normalized spacial score (nSPS) is 17.2. The molecule has 0 amide bonds. The van der Waals surface area contributed by atoms with Gasteiger partial charge in [-0.15, -0.1) is 0 Å². The van der Waals surface area contributed by atoms with Gasteiger partial charge in [0.15, 0.2) is 0 Å². The Labute approximate surface area is 143 Å². The van der Waals surface area contributed by atoms with Crippen molar-refractivity contribution < 1.29 is 4.74 Å². The lowest BCUT2D eigenvalue weighted by atomic mass is 9.90. The van der Waals surface area contributed by atoms with Crippen LogP contribution in [0.1, 0.15) is 23.2 Å². The Morgan fingerprint density at radius 1 is 1.08 bits per heavy atom. The molecule has 1 aliphatic carbocycles. The number of hydrogen-bond acceptors (Lipinski definition) is 2. The molecule has 0 saturated carbocycles. The average molecular weight is 320 g/mol. The van der Waals surface area contributed by atoms with E-state index in [4.69, 9.17) is 4.74 Å². The number of hydrogen-bond donors (Lipinski definition) is 1. The maximum atomic E-state index is 6.19. The summed E-state index contributed by atoms with van der Waals surface area (Å²) in [6.45, 7) is 0.608. The first-order valence-corrected chi connectivity index (χ1v) is 8.68. The van der Waals surface area contributed by atoms with E-state index in [-0.39, 0.29) is 0 Å². The van der Waals surface area contributed by atoms with Crippen molar-refractivity contribution in [3.8, 4) is 5.75 Å². The number of aryl methyl sites for hydroxylation is 1. The Kier molecular flexibility index (Phi) is 4.03. The predicted octanol–water partition coefficient (Wildman–Crippen LogP) is 4.17. The first-order chi connectivity index (χ1) is 11.7. The number of aromatic amines is 1. The van der Waals surface area contributed by atoms with Crippen LogP contribution in [0.4, 0.5) is 0 Å². The average Bonchev–Trinajstić information content (AvgIpc) is 2.99. The fourth-order valence-electron chi connectivity index (χ4n) is 3.72. The number of H-pyrrole nitrogens is 1.